The number of phenolic OH excluding ortho intramolecular Hbond substituents is 1. The van der Waals surface area contributed by atoms with E-state index in [0.717, 1.165) is 17.7 Å². The normalized spacial score (nSPS) is 12.0. The third kappa shape index (κ3) is 4.16. The number of benzene rings is 3. The molecule has 3 N–H and O–H groups in total. The van der Waals surface area contributed by atoms with Gasteiger partial charge in [0.05, 0.1) is 27.6 Å². The van der Waals surface area contributed by atoms with E-state index in [2.05, 4.69) is 14.7 Å². The van der Waals surface area contributed by atoms with Crippen LogP contribution in [0.2, 0.25) is 0 Å². The zero-order valence-corrected chi connectivity index (χ0v) is 18.6. The molecule has 13 heteroatoms. The number of hydrogen-bond acceptors (Lipinski definition) is 8. The van der Waals surface area contributed by atoms with Gasteiger partial charge in [0.15, 0.2) is 0 Å². The predicted molar refractivity (Wildman–Crippen MR) is 122 cm³/mol. The summed E-state index contributed by atoms with van der Waals surface area (Å²) in [6, 6.07) is 11.9. The third-order valence-electron chi connectivity index (χ3n) is 5.11. The van der Waals surface area contributed by atoms with E-state index in [0.29, 0.717) is 11.4 Å². The van der Waals surface area contributed by atoms with Gasteiger partial charge in [0.1, 0.15) is 5.75 Å². The van der Waals surface area contributed by atoms with Gasteiger partial charge in [-0.1, -0.05) is 17.7 Å². The summed E-state index contributed by atoms with van der Waals surface area (Å²) in [4.78, 5) is 10.6. The van der Waals surface area contributed by atoms with Crippen molar-refractivity contribution in [3.05, 3.63) is 69.9 Å². The highest BCUT2D eigenvalue weighted by Gasteiger charge is 2.24. The van der Waals surface area contributed by atoms with Crippen molar-refractivity contribution in [2.75, 3.05) is 0 Å². The summed E-state index contributed by atoms with van der Waals surface area (Å²) >= 11 is 0. The fraction of sp³-hybridized carbons (Fsp3) is 0.0952. The van der Waals surface area contributed by atoms with Gasteiger partial charge in [-0.25, -0.2) is 4.68 Å². The van der Waals surface area contributed by atoms with Crippen LogP contribution in [0.4, 0.5) is 11.4 Å². The van der Waals surface area contributed by atoms with Crippen LogP contribution in [0, 0.1) is 24.0 Å². The quantitative estimate of drug-likeness (QED) is 0.160. The second-order valence-corrected chi connectivity index (χ2v) is 8.50. The molecule has 0 amide bonds. The largest absolute Gasteiger partial charge is 0.507 e. The number of nitro benzene ring substituents is 1. The van der Waals surface area contributed by atoms with Gasteiger partial charge < -0.3 is 10.2 Å². The lowest BCUT2D eigenvalue weighted by Gasteiger charge is -2.11. The molecule has 0 bridgehead atoms. The molecule has 0 fully saturated rings. The average molecular weight is 483 g/mol. The molecule has 12 nitrogen and oxygen atoms in total. The molecule has 0 unspecified atom stereocenters. The topological polar surface area (TPSA) is 181 Å². The van der Waals surface area contributed by atoms with Crippen molar-refractivity contribution >= 4 is 32.5 Å². The zero-order chi connectivity index (χ0) is 24.8. The average Bonchev–Trinajstić information content (AvgIpc) is 3.05. The molecular formula is C21H17N5O7S. The molecular weight excluding hydrogens is 466 g/mol. The summed E-state index contributed by atoms with van der Waals surface area (Å²) in [5.41, 5.74) is 1.60. The third-order valence-corrected chi connectivity index (χ3v) is 5.39. The first kappa shape index (κ1) is 22.8. The molecule has 34 heavy (non-hydrogen) atoms. The van der Waals surface area contributed by atoms with E-state index in [1.807, 2.05) is 19.1 Å². The van der Waals surface area contributed by atoms with Crippen molar-refractivity contribution in [1.29, 1.82) is 0 Å². The maximum atomic E-state index is 11.3. The minimum absolute atomic E-state index is 0.0521. The van der Waals surface area contributed by atoms with Crippen molar-refractivity contribution in [3.8, 4) is 28.4 Å². The number of aromatic nitrogens is 2. The number of nitrogens with zero attached hydrogens (tertiary/aromatic N) is 5. The molecule has 0 saturated carbocycles. The number of nitro groups is 1. The molecule has 3 aromatic carbocycles. The maximum absolute atomic E-state index is 11.3. The fourth-order valence-corrected chi connectivity index (χ4v) is 3.80. The molecule has 0 spiro atoms. The smallest absolute Gasteiger partial charge is 0.396 e. The highest BCUT2D eigenvalue weighted by Crippen LogP contribution is 2.47. The Kier molecular flexibility index (Phi) is 5.51. The summed E-state index contributed by atoms with van der Waals surface area (Å²) < 4.78 is 35.0. The van der Waals surface area contributed by atoms with E-state index in [-0.39, 0.29) is 39.2 Å². The highest BCUT2D eigenvalue weighted by atomic mass is 32.2. The molecule has 0 aliphatic rings. The van der Waals surface area contributed by atoms with Gasteiger partial charge in [-0.2, -0.15) is 13.5 Å². The first-order valence-electron chi connectivity index (χ1n) is 9.67. The number of hydrogen-bond donors (Lipinski definition) is 3. The Morgan fingerprint density at radius 2 is 1.68 bits per heavy atom. The van der Waals surface area contributed by atoms with E-state index in [4.69, 9.17) is 4.55 Å². The lowest BCUT2D eigenvalue weighted by molar-refractivity contribution is -0.384. The highest BCUT2D eigenvalue weighted by molar-refractivity contribution is 7.84. The Balaban J connectivity index is 2.02. The van der Waals surface area contributed by atoms with Crippen LogP contribution in [0.25, 0.3) is 27.6 Å². The van der Waals surface area contributed by atoms with E-state index in [1.165, 1.54) is 16.8 Å². The van der Waals surface area contributed by atoms with Gasteiger partial charge in [0, 0.05) is 29.1 Å². The Bertz CT molecular complexity index is 1590. The Labute approximate surface area is 192 Å². The van der Waals surface area contributed by atoms with Crippen LogP contribution in [0.3, 0.4) is 0 Å². The van der Waals surface area contributed by atoms with Gasteiger partial charge in [0.25, 0.3) is 5.69 Å². The molecule has 0 radical (unpaired) electrons. The molecule has 0 aliphatic heterocycles. The number of non-ortho nitro benzene ring substituents is 1. The van der Waals surface area contributed by atoms with Gasteiger partial charge in [0.2, 0.25) is 5.88 Å². The molecule has 174 valence electrons. The standard InChI is InChI=1S/C21H17N5O7S/c1-11-3-5-13(6-4-11)25-21(28)19(12(2)23-25)20-15-8-7-14(26(29)30)9-16(15)17(10-18(20)27)22-24-34(31,32)33/h3-10,27-28H,1-2H3,(H,31,32,33). The minimum atomic E-state index is -4.85. The molecule has 0 aliphatic carbocycles. The fourth-order valence-electron chi connectivity index (χ4n) is 3.61. The van der Waals surface area contributed by atoms with Crippen LogP contribution in [0.15, 0.2) is 58.2 Å². The second-order valence-electron chi connectivity index (χ2n) is 7.44. The van der Waals surface area contributed by atoms with Crippen molar-refractivity contribution in [2.24, 2.45) is 9.63 Å². The summed E-state index contributed by atoms with van der Waals surface area (Å²) in [5.74, 6) is -0.712. The van der Waals surface area contributed by atoms with Crippen LogP contribution in [0.5, 0.6) is 11.6 Å². The van der Waals surface area contributed by atoms with E-state index >= 15 is 0 Å². The minimum Gasteiger partial charge on any atom is -0.507 e. The lowest BCUT2D eigenvalue weighted by Crippen LogP contribution is -1.95. The maximum Gasteiger partial charge on any atom is 0.396 e. The molecule has 0 atom stereocenters. The Hall–Kier alpha value is -4.36. The lowest BCUT2D eigenvalue weighted by atomic mass is 9.95. The van der Waals surface area contributed by atoms with Crippen LogP contribution in [0.1, 0.15) is 11.3 Å². The molecule has 4 aromatic rings. The van der Waals surface area contributed by atoms with Crippen LogP contribution < -0.4 is 0 Å². The molecule has 0 saturated heterocycles. The number of fused-ring (bicyclic) bond motifs is 1. The van der Waals surface area contributed by atoms with Gasteiger partial charge in [-0.3, -0.25) is 14.7 Å². The van der Waals surface area contributed by atoms with Crippen LogP contribution in [-0.4, -0.2) is 37.9 Å². The van der Waals surface area contributed by atoms with E-state index in [1.54, 1.807) is 19.1 Å². The van der Waals surface area contributed by atoms with Crippen molar-refractivity contribution in [2.45, 2.75) is 13.8 Å². The summed E-state index contributed by atoms with van der Waals surface area (Å²) in [6.07, 6.45) is 0. The predicted octanol–water partition coefficient (Wildman–Crippen LogP) is 4.52. The monoisotopic (exact) mass is 483 g/mol. The van der Waals surface area contributed by atoms with E-state index < -0.39 is 21.0 Å². The Morgan fingerprint density at radius 3 is 2.29 bits per heavy atom. The second kappa shape index (κ2) is 8.20. The van der Waals surface area contributed by atoms with Gasteiger partial charge in [-0.15, -0.1) is 5.11 Å². The first-order valence-corrected chi connectivity index (χ1v) is 11.1. The van der Waals surface area contributed by atoms with Crippen LogP contribution in [-0.2, 0) is 10.3 Å². The van der Waals surface area contributed by atoms with E-state index in [9.17, 15) is 28.7 Å². The van der Waals surface area contributed by atoms with Crippen LogP contribution >= 0.6 is 0 Å². The summed E-state index contributed by atoms with van der Waals surface area (Å²) in [6.45, 7) is 3.52. The summed E-state index contributed by atoms with van der Waals surface area (Å²) in [5, 5.41) is 41.2. The summed E-state index contributed by atoms with van der Waals surface area (Å²) in [7, 11) is -4.85. The van der Waals surface area contributed by atoms with Crippen molar-refractivity contribution in [1.82, 2.24) is 9.78 Å². The Morgan fingerprint density at radius 1 is 1.00 bits per heavy atom. The first-order chi connectivity index (χ1) is 16.0. The number of phenols is 1. The zero-order valence-electron chi connectivity index (χ0n) is 17.7. The number of aromatic hydroxyl groups is 2. The number of aryl methyl sites for hydroxylation is 2. The SMILES string of the molecule is Cc1ccc(-n2nc(C)c(-c3c(O)cc(N=NS(=O)(=O)O)c4cc([N+](=O)[O-])ccc34)c2O)cc1. The molecule has 4 rings (SSSR count). The molecule has 1 aromatic heterocycles. The van der Waals surface area contributed by atoms with Crippen molar-refractivity contribution < 1.29 is 28.1 Å². The van der Waals surface area contributed by atoms with Crippen molar-refractivity contribution in [3.63, 3.8) is 0 Å². The van der Waals surface area contributed by atoms with Gasteiger partial charge >= 0.3 is 10.3 Å². The number of rotatable bonds is 5. The molecule has 1 heterocycles. The van der Waals surface area contributed by atoms with Gasteiger partial charge in [-0.05, 0) is 42.0 Å².